The molecular formula is C8H20O2. The highest BCUT2D eigenvalue weighted by atomic mass is 16.3. The maximum atomic E-state index is 7.62. The number of aliphatic hydroxyl groups excluding tert-OH is 2. The summed E-state index contributed by atoms with van der Waals surface area (Å²) >= 11 is 0. The summed E-state index contributed by atoms with van der Waals surface area (Å²) in [6.07, 6.45) is 1.27. The average molecular weight is 148 g/mol. The van der Waals surface area contributed by atoms with Crippen LogP contribution in [0.5, 0.6) is 0 Å². The van der Waals surface area contributed by atoms with Crippen molar-refractivity contribution < 1.29 is 10.2 Å². The fraction of sp³-hybridized carbons (Fsp3) is 1.00. The molecule has 0 bridgehead atoms. The van der Waals surface area contributed by atoms with Gasteiger partial charge in [-0.1, -0.05) is 34.1 Å². The van der Waals surface area contributed by atoms with E-state index in [0.29, 0.717) is 5.41 Å². The topological polar surface area (TPSA) is 40.5 Å². The first kappa shape index (κ1) is 12.6. The Balaban J connectivity index is 0. The van der Waals surface area contributed by atoms with Crippen LogP contribution >= 0.6 is 0 Å². The van der Waals surface area contributed by atoms with Crippen LogP contribution < -0.4 is 0 Å². The van der Waals surface area contributed by atoms with E-state index in [4.69, 9.17) is 10.2 Å². The van der Waals surface area contributed by atoms with Gasteiger partial charge in [-0.15, -0.1) is 0 Å². The molecule has 0 heterocycles. The van der Waals surface area contributed by atoms with Crippen molar-refractivity contribution >= 4 is 0 Å². The Bertz CT molecular complexity index is 52.8. The predicted molar refractivity (Wildman–Crippen MR) is 43.9 cm³/mol. The van der Waals surface area contributed by atoms with E-state index in [1.807, 2.05) is 0 Å². The molecule has 0 aromatic rings. The molecule has 2 N–H and O–H groups in total. The molecule has 0 aromatic carbocycles. The van der Waals surface area contributed by atoms with Crippen LogP contribution in [0.15, 0.2) is 0 Å². The summed E-state index contributed by atoms with van der Waals surface area (Å²) in [5, 5.41) is 15.2. The minimum Gasteiger partial charge on any atom is -0.394 e. The Morgan fingerprint density at radius 3 is 1.20 bits per heavy atom. The van der Waals surface area contributed by atoms with Gasteiger partial charge in [0.05, 0.1) is 13.2 Å². The molecule has 0 saturated heterocycles. The van der Waals surface area contributed by atoms with Gasteiger partial charge in [-0.25, -0.2) is 0 Å². The highest BCUT2D eigenvalue weighted by Crippen LogP contribution is 2.16. The van der Waals surface area contributed by atoms with Gasteiger partial charge in [-0.3, -0.25) is 0 Å². The first-order valence-corrected chi connectivity index (χ1v) is 3.69. The van der Waals surface area contributed by atoms with Gasteiger partial charge in [-0.2, -0.15) is 0 Å². The highest BCUT2D eigenvalue weighted by molar-refractivity contribution is 4.55. The molecule has 10 heavy (non-hydrogen) atoms. The summed E-state index contributed by atoms with van der Waals surface area (Å²) in [6, 6.07) is 0. The molecule has 0 atom stereocenters. The smallest absolute Gasteiger partial charge is 0.0662 e. The average Bonchev–Trinajstić information content (AvgIpc) is 1.87. The van der Waals surface area contributed by atoms with Crippen LogP contribution in [-0.2, 0) is 0 Å². The fourth-order valence-corrected chi connectivity index (χ4v) is 0. The van der Waals surface area contributed by atoms with Gasteiger partial charge in [0, 0.05) is 0 Å². The summed E-state index contributed by atoms with van der Waals surface area (Å²) in [7, 11) is 0. The van der Waals surface area contributed by atoms with Gasteiger partial charge in [0.1, 0.15) is 0 Å². The lowest BCUT2D eigenvalue weighted by molar-refractivity contribution is 0.186. The molecular weight excluding hydrogens is 128 g/mol. The number of hydrogen-bond acceptors (Lipinski definition) is 2. The SMILES string of the molecule is CCC(C)(C)C.OCCO. The molecule has 0 rings (SSSR count). The Labute approximate surface area is 63.9 Å². The van der Waals surface area contributed by atoms with Crippen LogP contribution in [0.4, 0.5) is 0 Å². The largest absolute Gasteiger partial charge is 0.394 e. The molecule has 0 aromatic heterocycles. The molecule has 2 heteroatoms. The van der Waals surface area contributed by atoms with Crippen LogP contribution in [0.3, 0.4) is 0 Å². The lowest BCUT2D eigenvalue weighted by Gasteiger charge is -2.12. The quantitative estimate of drug-likeness (QED) is 0.590. The van der Waals surface area contributed by atoms with Crippen LogP contribution in [0.2, 0.25) is 0 Å². The molecule has 0 radical (unpaired) electrons. The number of aliphatic hydroxyl groups is 2. The molecule has 0 spiro atoms. The van der Waals surface area contributed by atoms with Crippen LogP contribution in [0.25, 0.3) is 0 Å². The summed E-state index contributed by atoms with van der Waals surface area (Å²) in [6.45, 7) is 8.69. The van der Waals surface area contributed by atoms with Gasteiger partial charge >= 0.3 is 0 Å². The summed E-state index contributed by atoms with van der Waals surface area (Å²) in [5.74, 6) is 0. The van der Waals surface area contributed by atoms with Gasteiger partial charge < -0.3 is 10.2 Å². The molecule has 0 amide bonds. The van der Waals surface area contributed by atoms with E-state index < -0.39 is 0 Å². The Morgan fingerprint density at radius 1 is 1.00 bits per heavy atom. The lowest BCUT2D eigenvalue weighted by atomic mass is 9.94. The second-order valence-corrected chi connectivity index (χ2v) is 3.36. The van der Waals surface area contributed by atoms with Crippen molar-refractivity contribution in [3.63, 3.8) is 0 Å². The lowest BCUT2D eigenvalue weighted by Crippen LogP contribution is -2.00. The van der Waals surface area contributed by atoms with Crippen molar-refractivity contribution in [3.05, 3.63) is 0 Å². The second kappa shape index (κ2) is 7.03. The van der Waals surface area contributed by atoms with Crippen molar-refractivity contribution in [1.29, 1.82) is 0 Å². The van der Waals surface area contributed by atoms with Crippen molar-refractivity contribution in [2.24, 2.45) is 5.41 Å². The first-order valence-electron chi connectivity index (χ1n) is 3.69. The van der Waals surface area contributed by atoms with E-state index in [2.05, 4.69) is 27.7 Å². The Kier molecular flexibility index (Phi) is 8.85. The van der Waals surface area contributed by atoms with Crippen LogP contribution in [0.1, 0.15) is 34.1 Å². The number of hydrogen-bond donors (Lipinski definition) is 2. The molecule has 2 nitrogen and oxygen atoms in total. The van der Waals surface area contributed by atoms with Crippen molar-refractivity contribution in [1.82, 2.24) is 0 Å². The Morgan fingerprint density at radius 2 is 1.20 bits per heavy atom. The van der Waals surface area contributed by atoms with Gasteiger partial charge in [-0.05, 0) is 5.41 Å². The second-order valence-electron chi connectivity index (χ2n) is 3.36. The molecule has 64 valence electrons. The zero-order valence-electron chi connectivity index (χ0n) is 7.52. The zero-order valence-corrected chi connectivity index (χ0v) is 7.52. The van der Waals surface area contributed by atoms with Crippen LogP contribution in [0, 0.1) is 5.41 Å². The van der Waals surface area contributed by atoms with Crippen molar-refractivity contribution in [3.8, 4) is 0 Å². The third-order valence-electron chi connectivity index (χ3n) is 1.16. The standard InChI is InChI=1S/C6H14.C2H6O2/c1-5-6(2,3)4;3-1-2-4/h5H2,1-4H3;3-4H,1-2H2. The van der Waals surface area contributed by atoms with E-state index in [0.717, 1.165) is 0 Å². The fourth-order valence-electron chi connectivity index (χ4n) is 0. The molecule has 0 aliphatic heterocycles. The van der Waals surface area contributed by atoms with E-state index in [9.17, 15) is 0 Å². The summed E-state index contributed by atoms with van der Waals surface area (Å²) in [4.78, 5) is 0. The van der Waals surface area contributed by atoms with E-state index in [1.165, 1.54) is 6.42 Å². The van der Waals surface area contributed by atoms with E-state index >= 15 is 0 Å². The molecule has 0 aliphatic rings. The van der Waals surface area contributed by atoms with Crippen LogP contribution in [-0.4, -0.2) is 23.4 Å². The van der Waals surface area contributed by atoms with Gasteiger partial charge in [0.15, 0.2) is 0 Å². The molecule has 0 fully saturated rings. The minimum atomic E-state index is -0.125. The third kappa shape index (κ3) is 24.7. The predicted octanol–water partition coefficient (Wildman–Crippen LogP) is 1.41. The van der Waals surface area contributed by atoms with E-state index in [-0.39, 0.29) is 13.2 Å². The molecule has 0 unspecified atom stereocenters. The van der Waals surface area contributed by atoms with E-state index in [1.54, 1.807) is 0 Å². The maximum absolute atomic E-state index is 7.62. The first-order chi connectivity index (χ1) is 4.47. The molecule has 0 saturated carbocycles. The van der Waals surface area contributed by atoms with Crippen molar-refractivity contribution in [2.75, 3.05) is 13.2 Å². The third-order valence-corrected chi connectivity index (χ3v) is 1.16. The highest BCUT2D eigenvalue weighted by Gasteiger charge is 2.03. The Hall–Kier alpha value is -0.0800. The minimum absolute atomic E-state index is 0.125. The zero-order chi connectivity index (χ0) is 8.62. The summed E-state index contributed by atoms with van der Waals surface area (Å²) in [5.41, 5.74) is 0.542. The monoisotopic (exact) mass is 148 g/mol. The number of rotatable bonds is 1. The molecule has 0 aliphatic carbocycles. The normalized spacial score (nSPS) is 10.2. The van der Waals surface area contributed by atoms with Crippen molar-refractivity contribution in [2.45, 2.75) is 34.1 Å². The van der Waals surface area contributed by atoms with Gasteiger partial charge in [0.2, 0.25) is 0 Å². The summed E-state index contributed by atoms with van der Waals surface area (Å²) < 4.78 is 0. The maximum Gasteiger partial charge on any atom is 0.0662 e. The van der Waals surface area contributed by atoms with Gasteiger partial charge in [0.25, 0.3) is 0 Å².